The normalized spacial score (nSPS) is 6.00. The van der Waals surface area contributed by atoms with Crippen molar-refractivity contribution in [3.8, 4) is 0 Å². The Kier molecular flexibility index (Phi) is 10.5. The first-order valence-corrected chi connectivity index (χ1v) is 1.91. The van der Waals surface area contributed by atoms with Crippen molar-refractivity contribution in [2.75, 3.05) is 0 Å². The van der Waals surface area contributed by atoms with Crippen LogP contribution in [0.15, 0.2) is 30.3 Å². The summed E-state index contributed by atoms with van der Waals surface area (Å²) in [5.41, 5.74) is 0. The van der Waals surface area contributed by atoms with Gasteiger partial charge in [-0.05, 0) is 0 Å². The number of rotatable bonds is 0. The van der Waals surface area contributed by atoms with Gasteiger partial charge in [-0.25, -0.2) is 0 Å². The third-order valence-electron chi connectivity index (χ3n) is 0.607. The molecule has 0 spiro atoms. The fourth-order valence-corrected chi connectivity index (χ4v) is 0.342. The maximum atomic E-state index is 2.89. The van der Waals surface area contributed by atoms with Crippen LogP contribution in [0.2, 0.25) is 0 Å². The molecule has 0 radical (unpaired) electrons. The zero-order chi connectivity index (χ0) is 4.24. The molecule has 1 aromatic carbocycles. The van der Waals surface area contributed by atoms with Gasteiger partial charge in [0.1, 0.15) is 0 Å². The van der Waals surface area contributed by atoms with Crippen LogP contribution in [-0.4, -0.2) is 0 Å². The van der Waals surface area contributed by atoms with Crippen molar-refractivity contribution in [3.63, 3.8) is 0 Å². The topological polar surface area (TPSA) is 0 Å². The Morgan fingerprint density at radius 2 is 1.38 bits per heavy atom. The molecule has 0 saturated heterocycles. The summed E-state index contributed by atoms with van der Waals surface area (Å²) in [6.45, 7) is 0. The Morgan fingerprint density at radius 1 is 0.875 bits per heavy atom. The second-order valence-corrected chi connectivity index (χ2v) is 1.08. The van der Waals surface area contributed by atoms with Crippen LogP contribution >= 0.6 is 0 Å². The van der Waals surface area contributed by atoms with Gasteiger partial charge >= 0.3 is 27.3 Å². The minimum absolute atomic E-state index is 0. The van der Waals surface area contributed by atoms with Gasteiger partial charge in [-0.3, -0.25) is 0 Å². The molecule has 0 bridgehead atoms. The van der Waals surface area contributed by atoms with Crippen LogP contribution in [0, 0.1) is 6.07 Å². The molecule has 0 unspecified atom stereocenters. The molecule has 0 saturated carbocycles. The molecule has 0 aliphatic heterocycles. The Morgan fingerprint density at radius 3 is 1.50 bits per heavy atom. The molecule has 0 fully saturated rings. The molecule has 1 rings (SSSR count). The Bertz CT molecular complexity index is 80.5. The van der Waals surface area contributed by atoms with Crippen LogP contribution in [-0.2, 0) is 27.3 Å². The van der Waals surface area contributed by atoms with Gasteiger partial charge in [-0.1, -0.05) is 0 Å². The first-order valence-electron chi connectivity index (χ1n) is 1.91. The van der Waals surface area contributed by atoms with Crippen molar-refractivity contribution in [1.29, 1.82) is 0 Å². The fraction of sp³-hybridized carbons (Fsp3) is 0. The average molecular weight is 225 g/mol. The van der Waals surface area contributed by atoms with E-state index < -0.39 is 0 Å². The molecule has 0 N–H and O–H groups in total. The summed E-state index contributed by atoms with van der Waals surface area (Å²) in [5.74, 6) is 0. The zero-order valence-electron chi connectivity index (χ0n) is 4.47. The third-order valence-corrected chi connectivity index (χ3v) is 0.607. The Hall–Kier alpha value is 0.432. The van der Waals surface area contributed by atoms with E-state index in [9.17, 15) is 0 Å². The predicted octanol–water partition coefficient (Wildman–Crippen LogP) is -1.51. The molecule has 38 valence electrons. The maximum absolute atomic E-state index is 2.89. The molecular weight excluding hydrogens is 220 g/mol. The molecule has 1 aromatic rings. The summed E-state index contributed by atoms with van der Waals surface area (Å²) in [5, 5.41) is 0. The fourth-order valence-electron chi connectivity index (χ4n) is 0.342. The second-order valence-electron chi connectivity index (χ2n) is 1.08. The molecule has 0 aliphatic rings. The largest absolute Gasteiger partial charge is 2.00 e. The zero-order valence-corrected chi connectivity index (χ0v) is 9.26. The Balaban J connectivity index is 0. The first-order chi connectivity index (χ1) is 3.00. The van der Waals surface area contributed by atoms with Crippen molar-refractivity contribution in [2.45, 2.75) is 0 Å². The molecule has 0 aromatic heterocycles. The standard InChI is InChI=1S/C6H5.Cd.ClH/c1-2-4-6-5-3-1;;/h1-5H;;1H/q-1;+2;/p-1. The van der Waals surface area contributed by atoms with Crippen molar-refractivity contribution < 1.29 is 39.7 Å². The summed E-state index contributed by atoms with van der Waals surface area (Å²) >= 11 is 0. The van der Waals surface area contributed by atoms with Crippen LogP contribution < -0.4 is 12.4 Å². The smallest absolute Gasteiger partial charge is 1.00 e. The van der Waals surface area contributed by atoms with E-state index in [4.69, 9.17) is 0 Å². The van der Waals surface area contributed by atoms with E-state index >= 15 is 0 Å². The summed E-state index contributed by atoms with van der Waals surface area (Å²) in [6, 6.07) is 12.5. The van der Waals surface area contributed by atoms with Gasteiger partial charge in [0.25, 0.3) is 0 Å². The summed E-state index contributed by atoms with van der Waals surface area (Å²) in [6.07, 6.45) is 0. The monoisotopic (exact) mass is 226 g/mol. The van der Waals surface area contributed by atoms with Crippen molar-refractivity contribution in [3.05, 3.63) is 36.4 Å². The van der Waals surface area contributed by atoms with E-state index in [-0.39, 0.29) is 39.7 Å². The van der Waals surface area contributed by atoms with Gasteiger partial charge < -0.3 is 12.4 Å². The van der Waals surface area contributed by atoms with E-state index in [2.05, 4.69) is 6.07 Å². The van der Waals surface area contributed by atoms with Crippen molar-refractivity contribution in [2.24, 2.45) is 0 Å². The van der Waals surface area contributed by atoms with Gasteiger partial charge in [0, 0.05) is 0 Å². The van der Waals surface area contributed by atoms with E-state index in [1.807, 2.05) is 30.3 Å². The maximum Gasteiger partial charge on any atom is 2.00 e. The van der Waals surface area contributed by atoms with Gasteiger partial charge in [0.15, 0.2) is 0 Å². The Labute approximate surface area is 75.9 Å². The molecule has 0 atom stereocenters. The predicted molar refractivity (Wildman–Crippen MR) is 25.3 cm³/mol. The number of hydrogen-bond acceptors (Lipinski definition) is 0. The summed E-state index contributed by atoms with van der Waals surface area (Å²) in [7, 11) is 0. The van der Waals surface area contributed by atoms with Gasteiger partial charge in [-0.15, -0.1) is 0 Å². The van der Waals surface area contributed by atoms with Gasteiger partial charge in [0.05, 0.1) is 0 Å². The SMILES string of the molecule is [Cd+2].[Cl-].[c-]1ccccc1. The summed E-state index contributed by atoms with van der Waals surface area (Å²) in [4.78, 5) is 0. The number of halogens is 1. The quantitative estimate of drug-likeness (QED) is 0.372. The molecule has 0 nitrogen and oxygen atoms in total. The molecule has 0 aliphatic carbocycles. The van der Waals surface area contributed by atoms with Crippen molar-refractivity contribution >= 4 is 0 Å². The number of hydrogen-bond donors (Lipinski definition) is 0. The van der Waals surface area contributed by atoms with E-state index in [1.165, 1.54) is 0 Å². The minimum Gasteiger partial charge on any atom is -1.00 e. The van der Waals surface area contributed by atoms with Crippen LogP contribution in [0.25, 0.3) is 0 Å². The first kappa shape index (κ1) is 11.3. The second kappa shape index (κ2) is 7.43. The molecule has 0 amide bonds. The molecular formula is C6H5CdCl. The number of benzene rings is 1. The van der Waals surface area contributed by atoms with Gasteiger partial charge in [0.2, 0.25) is 0 Å². The van der Waals surface area contributed by atoms with Crippen LogP contribution in [0.4, 0.5) is 0 Å². The third kappa shape index (κ3) is 4.59. The molecule has 2 heteroatoms. The van der Waals surface area contributed by atoms with E-state index in [0.717, 1.165) is 0 Å². The van der Waals surface area contributed by atoms with E-state index in [1.54, 1.807) is 0 Å². The van der Waals surface area contributed by atoms with Gasteiger partial charge in [-0.2, -0.15) is 36.4 Å². The molecule has 8 heavy (non-hydrogen) atoms. The van der Waals surface area contributed by atoms with Crippen LogP contribution in [0.1, 0.15) is 0 Å². The molecule has 0 heterocycles. The average Bonchev–Trinajstić information content (AvgIpc) is 1.72. The summed E-state index contributed by atoms with van der Waals surface area (Å²) < 4.78 is 0. The van der Waals surface area contributed by atoms with Crippen LogP contribution in [0.3, 0.4) is 0 Å². The van der Waals surface area contributed by atoms with Crippen LogP contribution in [0.5, 0.6) is 0 Å². The van der Waals surface area contributed by atoms with Crippen molar-refractivity contribution in [1.82, 2.24) is 0 Å². The van der Waals surface area contributed by atoms with E-state index in [0.29, 0.717) is 0 Å². The minimum atomic E-state index is 0.